The van der Waals surface area contributed by atoms with Crippen molar-refractivity contribution < 1.29 is 15.3 Å². The van der Waals surface area contributed by atoms with Gasteiger partial charge in [-0.2, -0.15) is 0 Å². The van der Waals surface area contributed by atoms with Crippen molar-refractivity contribution in [3.8, 4) is 16.9 Å². The number of phenolic OH excluding ortho intramolecular Hbond substituents is 1. The Morgan fingerprint density at radius 2 is 1.32 bits per heavy atom. The molecule has 0 aliphatic carbocycles. The highest BCUT2D eigenvalue weighted by molar-refractivity contribution is 5.64. The highest BCUT2D eigenvalue weighted by Gasteiger charge is 2.16. The van der Waals surface area contributed by atoms with E-state index < -0.39 is 12.2 Å². The minimum atomic E-state index is -0.973. The second-order valence-corrected chi connectivity index (χ2v) is 4.42. The van der Waals surface area contributed by atoms with Gasteiger partial charge in [-0.25, -0.2) is 0 Å². The Labute approximate surface area is 111 Å². The van der Waals surface area contributed by atoms with Crippen LogP contribution in [0, 0.1) is 0 Å². The maximum Gasteiger partial charge on any atom is 0.115 e. The van der Waals surface area contributed by atoms with Gasteiger partial charge in [0.25, 0.3) is 0 Å². The van der Waals surface area contributed by atoms with Crippen LogP contribution in [0.4, 0.5) is 0 Å². The summed E-state index contributed by atoms with van der Waals surface area (Å²) in [6, 6.07) is 14.1. The largest absolute Gasteiger partial charge is 0.508 e. The molecule has 2 atom stereocenters. The van der Waals surface area contributed by atoms with Crippen molar-refractivity contribution in [1.82, 2.24) is 0 Å². The standard InChI is InChI=1S/C15H17NO3/c16-9-14(18)15(19)12-3-1-10(2-4-12)11-5-7-13(17)8-6-11/h1-8,14-15,17-19H,9,16H2. The summed E-state index contributed by atoms with van der Waals surface area (Å²) in [5, 5.41) is 28.6. The first-order chi connectivity index (χ1) is 9.11. The molecule has 0 bridgehead atoms. The van der Waals surface area contributed by atoms with Crippen LogP contribution in [-0.2, 0) is 0 Å². The lowest BCUT2D eigenvalue weighted by molar-refractivity contribution is 0.0243. The lowest BCUT2D eigenvalue weighted by Crippen LogP contribution is -2.27. The highest BCUT2D eigenvalue weighted by Crippen LogP contribution is 2.24. The van der Waals surface area contributed by atoms with Crippen LogP contribution in [0.25, 0.3) is 11.1 Å². The van der Waals surface area contributed by atoms with E-state index in [1.807, 2.05) is 24.3 Å². The average molecular weight is 259 g/mol. The molecule has 4 heteroatoms. The lowest BCUT2D eigenvalue weighted by atomic mass is 9.99. The number of aromatic hydroxyl groups is 1. The summed E-state index contributed by atoms with van der Waals surface area (Å²) in [4.78, 5) is 0. The van der Waals surface area contributed by atoms with E-state index in [1.54, 1.807) is 24.3 Å². The minimum Gasteiger partial charge on any atom is -0.508 e. The Hall–Kier alpha value is -1.88. The molecule has 5 N–H and O–H groups in total. The van der Waals surface area contributed by atoms with E-state index >= 15 is 0 Å². The van der Waals surface area contributed by atoms with Crippen LogP contribution < -0.4 is 5.73 Å². The first kappa shape index (κ1) is 13.5. The number of rotatable bonds is 4. The number of benzene rings is 2. The first-order valence-corrected chi connectivity index (χ1v) is 6.07. The molecule has 0 radical (unpaired) electrons. The first-order valence-electron chi connectivity index (χ1n) is 6.07. The van der Waals surface area contributed by atoms with Gasteiger partial charge in [-0.1, -0.05) is 36.4 Å². The fraction of sp³-hybridized carbons (Fsp3) is 0.200. The Bertz CT molecular complexity index is 522. The molecule has 0 amide bonds. The highest BCUT2D eigenvalue weighted by atomic mass is 16.3. The molecule has 2 unspecified atom stereocenters. The van der Waals surface area contributed by atoms with Gasteiger partial charge in [0.2, 0.25) is 0 Å². The molecule has 0 aliphatic heterocycles. The van der Waals surface area contributed by atoms with E-state index in [0.717, 1.165) is 11.1 Å². The monoisotopic (exact) mass is 259 g/mol. The maximum atomic E-state index is 9.82. The molecule has 0 heterocycles. The van der Waals surface area contributed by atoms with E-state index in [0.29, 0.717) is 5.56 Å². The zero-order chi connectivity index (χ0) is 13.8. The second-order valence-electron chi connectivity index (χ2n) is 4.42. The molecule has 4 nitrogen and oxygen atoms in total. The molecular weight excluding hydrogens is 242 g/mol. The van der Waals surface area contributed by atoms with Crippen molar-refractivity contribution in [1.29, 1.82) is 0 Å². The fourth-order valence-electron chi connectivity index (χ4n) is 1.88. The van der Waals surface area contributed by atoms with E-state index in [9.17, 15) is 15.3 Å². The SMILES string of the molecule is NCC(O)C(O)c1ccc(-c2ccc(O)cc2)cc1. The Kier molecular flexibility index (Phi) is 4.16. The summed E-state index contributed by atoms with van der Waals surface area (Å²) in [7, 11) is 0. The number of hydrogen-bond acceptors (Lipinski definition) is 4. The predicted octanol–water partition coefficient (Wildman–Crippen LogP) is 1.41. The molecule has 2 aromatic carbocycles. The van der Waals surface area contributed by atoms with Crippen molar-refractivity contribution in [3.05, 3.63) is 54.1 Å². The van der Waals surface area contributed by atoms with Crippen molar-refractivity contribution in [2.24, 2.45) is 5.73 Å². The van der Waals surface area contributed by atoms with Crippen LogP contribution in [-0.4, -0.2) is 28.0 Å². The zero-order valence-corrected chi connectivity index (χ0v) is 10.4. The van der Waals surface area contributed by atoms with E-state index in [2.05, 4.69) is 0 Å². The smallest absolute Gasteiger partial charge is 0.115 e. The van der Waals surface area contributed by atoms with Gasteiger partial charge < -0.3 is 21.1 Å². The van der Waals surface area contributed by atoms with E-state index in [4.69, 9.17) is 5.73 Å². The van der Waals surface area contributed by atoms with Gasteiger partial charge in [0.1, 0.15) is 11.9 Å². The van der Waals surface area contributed by atoms with E-state index in [1.165, 1.54) is 0 Å². The number of hydrogen-bond donors (Lipinski definition) is 4. The Morgan fingerprint density at radius 3 is 1.79 bits per heavy atom. The maximum absolute atomic E-state index is 9.82. The molecular formula is C15H17NO3. The topological polar surface area (TPSA) is 86.7 Å². The minimum absolute atomic E-state index is 0.0148. The van der Waals surface area contributed by atoms with Crippen molar-refractivity contribution >= 4 is 0 Å². The van der Waals surface area contributed by atoms with Crippen LogP contribution in [0.1, 0.15) is 11.7 Å². The van der Waals surface area contributed by atoms with Crippen LogP contribution in [0.3, 0.4) is 0 Å². The number of aliphatic hydroxyl groups excluding tert-OH is 2. The Morgan fingerprint density at radius 1 is 0.842 bits per heavy atom. The molecule has 0 saturated heterocycles. The molecule has 2 aromatic rings. The molecule has 0 aliphatic rings. The summed E-state index contributed by atoms with van der Waals surface area (Å²) < 4.78 is 0. The van der Waals surface area contributed by atoms with Crippen LogP contribution in [0.2, 0.25) is 0 Å². The van der Waals surface area contributed by atoms with Crippen molar-refractivity contribution in [2.75, 3.05) is 6.54 Å². The van der Waals surface area contributed by atoms with Crippen LogP contribution in [0.5, 0.6) is 5.75 Å². The van der Waals surface area contributed by atoms with Gasteiger partial charge in [-0.15, -0.1) is 0 Å². The average Bonchev–Trinajstić information content (AvgIpc) is 2.46. The predicted molar refractivity (Wildman–Crippen MR) is 73.6 cm³/mol. The van der Waals surface area contributed by atoms with Crippen LogP contribution >= 0.6 is 0 Å². The molecule has 100 valence electrons. The third kappa shape index (κ3) is 3.12. The molecule has 0 spiro atoms. The summed E-state index contributed by atoms with van der Waals surface area (Å²) >= 11 is 0. The normalized spacial score (nSPS) is 14.1. The molecule has 0 aromatic heterocycles. The number of nitrogens with two attached hydrogens (primary N) is 1. The summed E-state index contributed by atoms with van der Waals surface area (Å²) in [6.07, 6.45) is -1.93. The third-order valence-electron chi connectivity index (χ3n) is 3.06. The van der Waals surface area contributed by atoms with Gasteiger partial charge >= 0.3 is 0 Å². The Balaban J connectivity index is 2.21. The second kappa shape index (κ2) is 5.84. The zero-order valence-electron chi connectivity index (χ0n) is 10.4. The molecule has 2 rings (SSSR count). The fourth-order valence-corrected chi connectivity index (χ4v) is 1.88. The third-order valence-corrected chi connectivity index (χ3v) is 3.06. The summed E-state index contributed by atoms with van der Waals surface area (Å²) in [5.74, 6) is 0.224. The quantitative estimate of drug-likeness (QED) is 0.668. The van der Waals surface area contributed by atoms with Crippen LogP contribution in [0.15, 0.2) is 48.5 Å². The van der Waals surface area contributed by atoms with Crippen molar-refractivity contribution in [3.63, 3.8) is 0 Å². The molecule has 19 heavy (non-hydrogen) atoms. The lowest BCUT2D eigenvalue weighted by Gasteiger charge is -2.16. The molecule has 0 fully saturated rings. The van der Waals surface area contributed by atoms with Gasteiger partial charge in [0.15, 0.2) is 0 Å². The van der Waals surface area contributed by atoms with Gasteiger partial charge in [-0.3, -0.25) is 0 Å². The van der Waals surface area contributed by atoms with E-state index in [-0.39, 0.29) is 12.3 Å². The number of phenols is 1. The van der Waals surface area contributed by atoms with Gasteiger partial charge in [0, 0.05) is 6.54 Å². The summed E-state index contributed by atoms with van der Waals surface area (Å²) in [6.45, 7) is 0.0148. The van der Waals surface area contributed by atoms with Gasteiger partial charge in [0.05, 0.1) is 6.10 Å². The summed E-state index contributed by atoms with van der Waals surface area (Å²) in [5.41, 5.74) is 7.88. The number of aliphatic hydroxyl groups is 2. The van der Waals surface area contributed by atoms with Crippen molar-refractivity contribution in [2.45, 2.75) is 12.2 Å². The van der Waals surface area contributed by atoms with Gasteiger partial charge in [-0.05, 0) is 28.8 Å². The molecule has 0 saturated carbocycles.